The summed E-state index contributed by atoms with van der Waals surface area (Å²) in [7, 11) is 2.07. The van der Waals surface area contributed by atoms with Crippen molar-refractivity contribution in [3.63, 3.8) is 0 Å². The highest BCUT2D eigenvalue weighted by Crippen LogP contribution is 2.27. The predicted molar refractivity (Wildman–Crippen MR) is 81.2 cm³/mol. The van der Waals surface area contributed by atoms with E-state index < -0.39 is 0 Å². The second-order valence-electron chi connectivity index (χ2n) is 4.79. The third-order valence-electron chi connectivity index (χ3n) is 3.50. The summed E-state index contributed by atoms with van der Waals surface area (Å²) >= 11 is 5.35. The molecule has 1 aliphatic heterocycles. The van der Waals surface area contributed by atoms with E-state index in [0.717, 1.165) is 32.0 Å². The molecule has 0 bridgehead atoms. The average Bonchev–Trinajstić information content (AvgIpc) is 2.99. The van der Waals surface area contributed by atoms with E-state index in [1.54, 1.807) is 0 Å². The summed E-state index contributed by atoms with van der Waals surface area (Å²) in [5.41, 5.74) is 0. The fourth-order valence-electron chi connectivity index (χ4n) is 2.53. The molecule has 2 aromatic rings. The molecule has 6 heteroatoms. The lowest BCUT2D eigenvalue weighted by Crippen LogP contribution is -2.46. The van der Waals surface area contributed by atoms with Crippen molar-refractivity contribution in [3.05, 3.63) is 39.0 Å². The highest BCUT2D eigenvalue weighted by atomic mass is 79.9. The molecular weight excluding hydrogens is 324 g/mol. The van der Waals surface area contributed by atoms with Crippen LogP contribution in [0, 0.1) is 0 Å². The van der Waals surface area contributed by atoms with Crippen LogP contribution in [0.5, 0.6) is 0 Å². The van der Waals surface area contributed by atoms with Crippen molar-refractivity contribution in [1.29, 1.82) is 0 Å². The third kappa shape index (κ3) is 2.91. The lowest BCUT2D eigenvalue weighted by molar-refractivity contribution is 0.146. The maximum atomic E-state index is 4.51. The van der Waals surface area contributed by atoms with Crippen LogP contribution in [0.25, 0.3) is 0 Å². The first kappa shape index (κ1) is 13.3. The Kier molecular flexibility index (Phi) is 4.02. The number of piperazine rings is 1. The molecule has 0 radical (unpaired) electrons. The third-order valence-corrected chi connectivity index (χ3v) is 5.11. The van der Waals surface area contributed by atoms with E-state index in [1.165, 1.54) is 8.66 Å². The lowest BCUT2D eigenvalue weighted by Gasteiger charge is -2.35. The van der Waals surface area contributed by atoms with Crippen LogP contribution in [-0.4, -0.2) is 34.1 Å². The first-order valence-electron chi connectivity index (χ1n) is 6.40. The van der Waals surface area contributed by atoms with Crippen LogP contribution >= 0.6 is 27.3 Å². The zero-order valence-electron chi connectivity index (χ0n) is 10.8. The van der Waals surface area contributed by atoms with Gasteiger partial charge in [0.2, 0.25) is 0 Å². The summed E-state index contributed by atoms with van der Waals surface area (Å²) in [4.78, 5) is 8.42. The Hall–Kier alpha value is -0.690. The molecule has 102 valence electrons. The Morgan fingerprint density at radius 1 is 1.53 bits per heavy atom. The van der Waals surface area contributed by atoms with Gasteiger partial charge in [-0.2, -0.15) is 0 Å². The monoisotopic (exact) mass is 340 g/mol. The average molecular weight is 341 g/mol. The number of nitrogens with one attached hydrogen (secondary N) is 1. The number of thiophene rings is 1. The van der Waals surface area contributed by atoms with Crippen LogP contribution in [0.4, 0.5) is 0 Å². The minimum Gasteiger partial charge on any atom is -0.337 e. The fraction of sp³-hybridized carbons (Fsp3) is 0.462. The van der Waals surface area contributed by atoms with Gasteiger partial charge in [-0.3, -0.25) is 4.90 Å². The number of nitrogens with zero attached hydrogens (tertiary/aromatic N) is 3. The van der Waals surface area contributed by atoms with Crippen molar-refractivity contribution < 1.29 is 0 Å². The van der Waals surface area contributed by atoms with E-state index in [4.69, 9.17) is 0 Å². The van der Waals surface area contributed by atoms with E-state index >= 15 is 0 Å². The zero-order chi connectivity index (χ0) is 13.2. The maximum absolute atomic E-state index is 4.51. The van der Waals surface area contributed by atoms with Crippen LogP contribution in [0.15, 0.2) is 28.3 Å². The molecule has 1 atom stereocenters. The number of rotatable bonds is 3. The van der Waals surface area contributed by atoms with Gasteiger partial charge in [0.1, 0.15) is 5.82 Å². The van der Waals surface area contributed by atoms with E-state index in [-0.39, 0.29) is 0 Å². The zero-order valence-corrected chi connectivity index (χ0v) is 13.2. The minimum absolute atomic E-state index is 0.356. The Balaban J connectivity index is 1.79. The molecule has 1 N–H and O–H groups in total. The molecule has 3 heterocycles. The van der Waals surface area contributed by atoms with Gasteiger partial charge in [0.05, 0.1) is 9.83 Å². The van der Waals surface area contributed by atoms with E-state index in [0.29, 0.717) is 6.04 Å². The van der Waals surface area contributed by atoms with Crippen LogP contribution in [0.2, 0.25) is 0 Å². The summed E-state index contributed by atoms with van der Waals surface area (Å²) in [5.74, 6) is 1.14. The van der Waals surface area contributed by atoms with Crippen LogP contribution in [0.1, 0.15) is 16.7 Å². The first-order chi connectivity index (χ1) is 9.24. The summed E-state index contributed by atoms with van der Waals surface area (Å²) in [6, 6.07) is 4.68. The van der Waals surface area contributed by atoms with Gasteiger partial charge in [-0.1, -0.05) is 0 Å². The largest absolute Gasteiger partial charge is 0.337 e. The maximum Gasteiger partial charge on any atom is 0.127 e. The molecule has 19 heavy (non-hydrogen) atoms. The molecule has 0 aliphatic carbocycles. The van der Waals surface area contributed by atoms with Gasteiger partial charge in [-0.05, 0) is 28.1 Å². The summed E-state index contributed by atoms with van der Waals surface area (Å²) in [5, 5.41) is 3.47. The van der Waals surface area contributed by atoms with Gasteiger partial charge in [0.15, 0.2) is 0 Å². The number of hydrogen-bond acceptors (Lipinski definition) is 4. The number of aromatic nitrogens is 2. The van der Waals surface area contributed by atoms with E-state index in [9.17, 15) is 0 Å². The molecule has 1 aliphatic rings. The number of hydrogen-bond donors (Lipinski definition) is 1. The summed E-state index contributed by atoms with van der Waals surface area (Å²) in [6.45, 7) is 4.08. The highest BCUT2D eigenvalue weighted by molar-refractivity contribution is 9.11. The van der Waals surface area contributed by atoms with Gasteiger partial charge in [0, 0.05) is 50.5 Å². The SMILES string of the molecule is Cn1ccnc1C1CNCCN1Cc1ccc(Br)s1. The van der Waals surface area contributed by atoms with Gasteiger partial charge < -0.3 is 9.88 Å². The van der Waals surface area contributed by atoms with Crippen molar-refractivity contribution in [2.45, 2.75) is 12.6 Å². The molecule has 0 saturated carbocycles. The van der Waals surface area contributed by atoms with Crippen molar-refractivity contribution in [2.75, 3.05) is 19.6 Å². The Morgan fingerprint density at radius 2 is 2.42 bits per heavy atom. The molecule has 0 amide bonds. The molecule has 0 aromatic carbocycles. The first-order valence-corrected chi connectivity index (χ1v) is 8.01. The fourth-order valence-corrected chi connectivity index (χ4v) is 4.03. The molecule has 4 nitrogen and oxygen atoms in total. The quantitative estimate of drug-likeness (QED) is 0.931. The smallest absolute Gasteiger partial charge is 0.127 e. The van der Waals surface area contributed by atoms with Crippen molar-refractivity contribution in [2.24, 2.45) is 7.05 Å². The predicted octanol–water partition coefficient (Wildman–Crippen LogP) is 2.39. The Labute approximate surface area is 125 Å². The molecule has 1 saturated heterocycles. The van der Waals surface area contributed by atoms with Crippen molar-refractivity contribution >= 4 is 27.3 Å². The highest BCUT2D eigenvalue weighted by Gasteiger charge is 2.26. The van der Waals surface area contributed by atoms with Crippen LogP contribution in [0.3, 0.4) is 0 Å². The topological polar surface area (TPSA) is 33.1 Å². The molecule has 0 spiro atoms. The number of halogens is 1. The van der Waals surface area contributed by atoms with Gasteiger partial charge >= 0.3 is 0 Å². The van der Waals surface area contributed by atoms with Crippen molar-refractivity contribution in [1.82, 2.24) is 19.8 Å². The summed E-state index contributed by atoms with van der Waals surface area (Å²) in [6.07, 6.45) is 3.90. The van der Waals surface area contributed by atoms with Gasteiger partial charge in [0.25, 0.3) is 0 Å². The molecule has 1 unspecified atom stereocenters. The normalized spacial score (nSPS) is 20.8. The second-order valence-corrected chi connectivity index (χ2v) is 7.34. The molecule has 3 rings (SSSR count). The van der Waals surface area contributed by atoms with Crippen LogP contribution < -0.4 is 5.32 Å². The van der Waals surface area contributed by atoms with Crippen molar-refractivity contribution in [3.8, 4) is 0 Å². The molecular formula is C13H17BrN4S. The van der Waals surface area contributed by atoms with E-state index in [1.807, 2.05) is 23.7 Å². The van der Waals surface area contributed by atoms with Gasteiger partial charge in [-0.15, -0.1) is 11.3 Å². The van der Waals surface area contributed by atoms with Gasteiger partial charge in [-0.25, -0.2) is 4.98 Å². The standard InChI is InChI=1S/C13H17BrN4S/c1-17-6-5-16-13(17)11-8-15-4-7-18(11)9-10-2-3-12(14)19-10/h2-3,5-6,11,15H,4,7-9H2,1H3. The van der Waals surface area contributed by atoms with E-state index in [2.05, 4.69) is 54.9 Å². The second kappa shape index (κ2) is 5.75. The summed E-state index contributed by atoms with van der Waals surface area (Å²) < 4.78 is 3.32. The Morgan fingerprint density at radius 3 is 3.11 bits per heavy atom. The van der Waals surface area contributed by atoms with Crippen LogP contribution in [-0.2, 0) is 13.6 Å². The molecule has 2 aromatic heterocycles. The lowest BCUT2D eigenvalue weighted by atomic mass is 10.1. The minimum atomic E-state index is 0.356. The number of imidazole rings is 1. The Bertz CT molecular complexity index is 550. The number of aryl methyl sites for hydroxylation is 1. The molecule has 1 fully saturated rings.